The lowest BCUT2D eigenvalue weighted by atomic mass is 10.1. The Labute approximate surface area is 102 Å². The minimum atomic E-state index is 0.330. The Bertz CT molecular complexity index is 317. The smallest absolute Gasteiger partial charge is 0.120 e. The lowest BCUT2D eigenvalue weighted by Gasteiger charge is -2.23. The molecule has 0 saturated carbocycles. The van der Waals surface area contributed by atoms with E-state index in [-0.39, 0.29) is 0 Å². The summed E-state index contributed by atoms with van der Waals surface area (Å²) >= 11 is 2.11. The molecular weight excluding hydrogens is 218 g/mol. The lowest BCUT2D eigenvalue weighted by Crippen LogP contribution is -2.28. The minimum Gasteiger partial charge on any atom is -0.465 e. The highest BCUT2D eigenvalue weighted by Crippen LogP contribution is 2.25. The molecule has 0 aliphatic carbocycles. The zero-order valence-corrected chi connectivity index (χ0v) is 11.0. The molecular formula is C13H21NOS. The SMILES string of the molecule is Cc1ccc(C(C)NCC2CCCCS2)o1. The van der Waals surface area contributed by atoms with Crippen molar-refractivity contribution in [2.24, 2.45) is 0 Å². The molecule has 1 fully saturated rings. The molecule has 2 atom stereocenters. The third kappa shape index (κ3) is 3.29. The van der Waals surface area contributed by atoms with Gasteiger partial charge in [-0.25, -0.2) is 0 Å². The van der Waals surface area contributed by atoms with Gasteiger partial charge in [-0.3, -0.25) is 0 Å². The van der Waals surface area contributed by atoms with E-state index in [0.29, 0.717) is 6.04 Å². The molecule has 1 N–H and O–H groups in total. The van der Waals surface area contributed by atoms with Gasteiger partial charge < -0.3 is 9.73 Å². The van der Waals surface area contributed by atoms with Gasteiger partial charge in [0.1, 0.15) is 11.5 Å². The molecule has 16 heavy (non-hydrogen) atoms. The van der Waals surface area contributed by atoms with Gasteiger partial charge in [0.05, 0.1) is 6.04 Å². The van der Waals surface area contributed by atoms with Crippen LogP contribution in [0.15, 0.2) is 16.5 Å². The summed E-state index contributed by atoms with van der Waals surface area (Å²) in [5.74, 6) is 3.38. The molecule has 2 unspecified atom stereocenters. The normalized spacial score (nSPS) is 23.2. The molecule has 2 heterocycles. The van der Waals surface area contributed by atoms with Crippen LogP contribution in [0.4, 0.5) is 0 Å². The van der Waals surface area contributed by atoms with E-state index in [0.717, 1.165) is 23.3 Å². The van der Waals surface area contributed by atoms with Crippen molar-refractivity contribution in [2.75, 3.05) is 12.3 Å². The van der Waals surface area contributed by atoms with Crippen LogP contribution in [-0.2, 0) is 0 Å². The Morgan fingerprint density at radius 1 is 1.50 bits per heavy atom. The Morgan fingerprint density at radius 2 is 2.38 bits per heavy atom. The van der Waals surface area contributed by atoms with Gasteiger partial charge in [0.25, 0.3) is 0 Å². The zero-order valence-electron chi connectivity index (χ0n) is 10.2. The van der Waals surface area contributed by atoms with E-state index in [2.05, 4.69) is 30.1 Å². The van der Waals surface area contributed by atoms with Crippen molar-refractivity contribution < 1.29 is 4.42 Å². The highest BCUT2D eigenvalue weighted by Gasteiger charge is 2.16. The summed E-state index contributed by atoms with van der Waals surface area (Å²) in [5, 5.41) is 4.37. The molecule has 90 valence electrons. The summed E-state index contributed by atoms with van der Waals surface area (Å²) in [6.07, 6.45) is 4.16. The topological polar surface area (TPSA) is 25.2 Å². The summed E-state index contributed by atoms with van der Waals surface area (Å²) < 4.78 is 5.62. The van der Waals surface area contributed by atoms with Crippen molar-refractivity contribution in [2.45, 2.75) is 44.4 Å². The van der Waals surface area contributed by atoms with Crippen LogP contribution in [-0.4, -0.2) is 17.5 Å². The Kier molecular flexibility index (Phi) is 4.36. The molecule has 0 spiro atoms. The average molecular weight is 239 g/mol. The molecule has 1 saturated heterocycles. The summed E-state index contributed by atoms with van der Waals surface area (Å²) in [4.78, 5) is 0. The van der Waals surface area contributed by atoms with Gasteiger partial charge in [-0.2, -0.15) is 11.8 Å². The Morgan fingerprint density at radius 3 is 3.00 bits per heavy atom. The fourth-order valence-electron chi connectivity index (χ4n) is 2.06. The van der Waals surface area contributed by atoms with E-state index in [1.807, 2.05) is 13.0 Å². The fourth-order valence-corrected chi connectivity index (χ4v) is 3.31. The van der Waals surface area contributed by atoms with Crippen molar-refractivity contribution in [3.63, 3.8) is 0 Å². The van der Waals surface area contributed by atoms with Crippen LogP contribution in [0, 0.1) is 6.92 Å². The predicted octanol–water partition coefficient (Wildman–Crippen LogP) is 3.52. The summed E-state index contributed by atoms with van der Waals surface area (Å²) in [6.45, 7) is 5.27. The molecule has 3 heteroatoms. The number of aryl methyl sites for hydroxylation is 1. The summed E-state index contributed by atoms with van der Waals surface area (Å²) in [7, 11) is 0. The van der Waals surface area contributed by atoms with Crippen molar-refractivity contribution in [1.29, 1.82) is 0 Å². The number of furan rings is 1. The molecule has 1 aromatic rings. The first-order valence-corrected chi connectivity index (χ1v) is 7.22. The zero-order chi connectivity index (χ0) is 11.4. The third-order valence-corrected chi connectivity index (χ3v) is 4.51. The number of hydrogen-bond donors (Lipinski definition) is 1. The monoisotopic (exact) mass is 239 g/mol. The van der Waals surface area contributed by atoms with Crippen LogP contribution in [0.5, 0.6) is 0 Å². The molecule has 0 aromatic carbocycles. The van der Waals surface area contributed by atoms with Gasteiger partial charge in [0.2, 0.25) is 0 Å². The number of rotatable bonds is 4. The second kappa shape index (κ2) is 5.78. The average Bonchev–Trinajstić information content (AvgIpc) is 2.74. The Balaban J connectivity index is 1.76. The molecule has 0 amide bonds. The van der Waals surface area contributed by atoms with Gasteiger partial charge in [-0.15, -0.1) is 0 Å². The maximum absolute atomic E-state index is 5.62. The van der Waals surface area contributed by atoms with E-state index >= 15 is 0 Å². The van der Waals surface area contributed by atoms with Gasteiger partial charge >= 0.3 is 0 Å². The number of hydrogen-bond acceptors (Lipinski definition) is 3. The highest BCUT2D eigenvalue weighted by atomic mass is 32.2. The molecule has 2 nitrogen and oxygen atoms in total. The van der Waals surface area contributed by atoms with Gasteiger partial charge in [-0.05, 0) is 44.6 Å². The largest absolute Gasteiger partial charge is 0.465 e. The standard InChI is InChI=1S/C13H21NOS/c1-10-6-7-13(15-10)11(2)14-9-12-5-3-4-8-16-12/h6-7,11-12,14H,3-5,8-9H2,1-2H3. The first-order valence-electron chi connectivity index (χ1n) is 6.17. The second-order valence-corrected chi connectivity index (χ2v) is 5.98. The van der Waals surface area contributed by atoms with E-state index in [1.165, 1.54) is 25.0 Å². The van der Waals surface area contributed by atoms with E-state index in [9.17, 15) is 0 Å². The molecule has 0 radical (unpaired) electrons. The van der Waals surface area contributed by atoms with Crippen LogP contribution in [0.2, 0.25) is 0 Å². The first kappa shape index (κ1) is 12.1. The maximum atomic E-state index is 5.62. The lowest BCUT2D eigenvalue weighted by molar-refractivity contribution is 0.413. The van der Waals surface area contributed by atoms with Crippen LogP contribution in [0.1, 0.15) is 43.7 Å². The van der Waals surface area contributed by atoms with E-state index in [1.54, 1.807) is 0 Å². The van der Waals surface area contributed by atoms with Crippen molar-refractivity contribution in [1.82, 2.24) is 5.32 Å². The third-order valence-electron chi connectivity index (χ3n) is 3.11. The van der Waals surface area contributed by atoms with Crippen LogP contribution >= 0.6 is 11.8 Å². The molecule has 1 aliphatic heterocycles. The summed E-state index contributed by atoms with van der Waals surface area (Å²) in [6, 6.07) is 4.43. The molecule has 2 rings (SSSR count). The van der Waals surface area contributed by atoms with Gasteiger partial charge in [0.15, 0.2) is 0 Å². The van der Waals surface area contributed by atoms with Crippen molar-refractivity contribution in [3.05, 3.63) is 23.7 Å². The predicted molar refractivity (Wildman–Crippen MR) is 70.0 cm³/mol. The Hall–Kier alpha value is -0.410. The van der Waals surface area contributed by atoms with Gasteiger partial charge in [-0.1, -0.05) is 6.42 Å². The first-order chi connectivity index (χ1) is 7.75. The number of nitrogens with one attached hydrogen (secondary N) is 1. The summed E-state index contributed by atoms with van der Waals surface area (Å²) in [5.41, 5.74) is 0. The van der Waals surface area contributed by atoms with Crippen LogP contribution in [0.3, 0.4) is 0 Å². The minimum absolute atomic E-state index is 0.330. The highest BCUT2D eigenvalue weighted by molar-refractivity contribution is 7.99. The fraction of sp³-hybridized carbons (Fsp3) is 0.692. The van der Waals surface area contributed by atoms with Crippen LogP contribution < -0.4 is 5.32 Å². The molecule has 1 aromatic heterocycles. The number of thioether (sulfide) groups is 1. The van der Waals surface area contributed by atoms with E-state index in [4.69, 9.17) is 4.42 Å². The quantitative estimate of drug-likeness (QED) is 0.870. The van der Waals surface area contributed by atoms with E-state index < -0.39 is 0 Å². The molecule has 0 bridgehead atoms. The maximum Gasteiger partial charge on any atom is 0.120 e. The molecule has 1 aliphatic rings. The van der Waals surface area contributed by atoms with Gasteiger partial charge in [0, 0.05) is 11.8 Å². The van der Waals surface area contributed by atoms with Crippen LogP contribution in [0.25, 0.3) is 0 Å². The van der Waals surface area contributed by atoms with Crippen molar-refractivity contribution in [3.8, 4) is 0 Å². The van der Waals surface area contributed by atoms with Crippen molar-refractivity contribution >= 4 is 11.8 Å². The second-order valence-electron chi connectivity index (χ2n) is 4.57.